The van der Waals surface area contributed by atoms with Gasteiger partial charge in [-0.25, -0.2) is 4.98 Å². The van der Waals surface area contributed by atoms with Gasteiger partial charge in [0.1, 0.15) is 17.8 Å². The second kappa shape index (κ2) is 5.09. The zero-order chi connectivity index (χ0) is 12.1. The summed E-state index contributed by atoms with van der Waals surface area (Å²) in [6, 6.07) is 1.14. The quantitative estimate of drug-likeness (QED) is 0.366. The Balaban J connectivity index is 3.01. The Morgan fingerprint density at radius 3 is 2.94 bits per heavy atom. The summed E-state index contributed by atoms with van der Waals surface area (Å²) in [6.45, 7) is 0. The number of hydrogen-bond acceptors (Lipinski definition) is 4. The Bertz CT molecular complexity index is 504. The predicted molar refractivity (Wildman–Crippen MR) is 55.0 cm³/mol. The largest absolute Gasteiger partial charge is 0.481 e. The van der Waals surface area contributed by atoms with E-state index < -0.39 is 10.9 Å². The van der Waals surface area contributed by atoms with E-state index in [1.165, 1.54) is 0 Å². The van der Waals surface area contributed by atoms with E-state index in [0.29, 0.717) is 0 Å². The van der Waals surface area contributed by atoms with Gasteiger partial charge in [0.25, 0.3) is 5.69 Å². The maximum absolute atomic E-state index is 10.4. The molecule has 1 heterocycles. The van der Waals surface area contributed by atoms with E-state index in [9.17, 15) is 14.9 Å². The summed E-state index contributed by atoms with van der Waals surface area (Å²) in [7, 11) is 0. The minimum atomic E-state index is -1.08. The summed E-state index contributed by atoms with van der Waals surface area (Å²) in [5, 5.41) is 18.8. The number of nitro groups is 1. The fourth-order valence-corrected chi connectivity index (χ4v) is 0.990. The van der Waals surface area contributed by atoms with Crippen LogP contribution >= 0.6 is 11.6 Å². The number of hydrogen-bond donors (Lipinski definition) is 1. The predicted octanol–water partition coefficient (Wildman–Crippen LogP) is 1.47. The van der Waals surface area contributed by atoms with Crippen molar-refractivity contribution in [1.29, 1.82) is 0 Å². The Morgan fingerprint density at radius 2 is 2.38 bits per heavy atom. The first kappa shape index (κ1) is 11.9. The average molecular weight is 241 g/mol. The zero-order valence-corrected chi connectivity index (χ0v) is 8.56. The van der Waals surface area contributed by atoms with Crippen LogP contribution in [0.5, 0.6) is 0 Å². The standard InChI is InChI=1S/C9H5ClN2O4/c10-9-6(2-1-3-8(13)14)4-7(5-11-9)12(15)16/h4-5H,3H2,(H,13,14). The van der Waals surface area contributed by atoms with Gasteiger partial charge in [-0.2, -0.15) is 0 Å². The molecule has 0 atom stereocenters. The number of aromatic nitrogens is 1. The molecule has 6 nitrogen and oxygen atoms in total. The molecule has 0 radical (unpaired) electrons. The van der Waals surface area contributed by atoms with Gasteiger partial charge in [-0.1, -0.05) is 23.4 Å². The third kappa shape index (κ3) is 3.22. The van der Waals surface area contributed by atoms with Crippen LogP contribution in [-0.2, 0) is 4.79 Å². The second-order valence-corrected chi connectivity index (χ2v) is 3.02. The highest BCUT2D eigenvalue weighted by molar-refractivity contribution is 6.30. The van der Waals surface area contributed by atoms with E-state index >= 15 is 0 Å². The Morgan fingerprint density at radius 1 is 1.69 bits per heavy atom. The summed E-state index contributed by atoms with van der Waals surface area (Å²) in [5.41, 5.74) is -0.110. The van der Waals surface area contributed by atoms with E-state index in [1.54, 1.807) is 0 Å². The molecule has 1 N–H and O–H groups in total. The van der Waals surface area contributed by atoms with E-state index in [1.807, 2.05) is 0 Å². The summed E-state index contributed by atoms with van der Waals surface area (Å²) < 4.78 is 0. The van der Waals surface area contributed by atoms with Crippen LogP contribution < -0.4 is 0 Å². The van der Waals surface area contributed by atoms with E-state index in [-0.39, 0.29) is 22.8 Å². The number of rotatable bonds is 2. The molecule has 7 heteroatoms. The molecule has 82 valence electrons. The van der Waals surface area contributed by atoms with Crippen molar-refractivity contribution in [2.75, 3.05) is 0 Å². The number of nitrogens with zero attached hydrogens (tertiary/aromatic N) is 2. The van der Waals surface area contributed by atoms with Crippen LogP contribution in [0.1, 0.15) is 12.0 Å². The van der Waals surface area contributed by atoms with Crippen LogP contribution in [0.15, 0.2) is 12.3 Å². The van der Waals surface area contributed by atoms with Gasteiger partial charge in [0.2, 0.25) is 0 Å². The molecule has 0 aliphatic carbocycles. The monoisotopic (exact) mass is 240 g/mol. The first-order valence-electron chi connectivity index (χ1n) is 4.01. The molecule has 0 spiro atoms. The van der Waals surface area contributed by atoms with Gasteiger partial charge >= 0.3 is 5.97 Å². The molecule has 16 heavy (non-hydrogen) atoms. The molecule has 0 aliphatic rings. The van der Waals surface area contributed by atoms with Crippen molar-refractivity contribution in [2.24, 2.45) is 0 Å². The SMILES string of the molecule is O=C(O)CC#Cc1cc([N+](=O)[O-])cnc1Cl. The van der Waals surface area contributed by atoms with Crippen LogP contribution in [0.25, 0.3) is 0 Å². The highest BCUT2D eigenvalue weighted by atomic mass is 35.5. The number of aliphatic carboxylic acids is 1. The van der Waals surface area contributed by atoms with Crippen LogP contribution in [0.3, 0.4) is 0 Å². The molecule has 1 aromatic rings. The zero-order valence-electron chi connectivity index (χ0n) is 7.81. The summed E-state index contributed by atoms with van der Waals surface area (Å²) in [6.07, 6.45) is 0.643. The third-order valence-electron chi connectivity index (χ3n) is 1.50. The van der Waals surface area contributed by atoms with Gasteiger partial charge in [0.05, 0.1) is 10.5 Å². The number of carbonyl (C=O) groups is 1. The Kier molecular flexibility index (Phi) is 3.80. The van der Waals surface area contributed by atoms with Crippen molar-refractivity contribution in [1.82, 2.24) is 4.98 Å². The molecule has 0 fully saturated rings. The van der Waals surface area contributed by atoms with Gasteiger partial charge < -0.3 is 5.11 Å². The molecule has 0 saturated carbocycles. The van der Waals surface area contributed by atoms with Crippen molar-refractivity contribution in [2.45, 2.75) is 6.42 Å². The summed E-state index contributed by atoms with van der Waals surface area (Å²) >= 11 is 5.63. The third-order valence-corrected chi connectivity index (χ3v) is 1.80. The van der Waals surface area contributed by atoms with Gasteiger partial charge in [-0.3, -0.25) is 14.9 Å². The summed E-state index contributed by atoms with van der Waals surface area (Å²) in [5.74, 6) is 3.64. The van der Waals surface area contributed by atoms with Crippen molar-refractivity contribution >= 4 is 23.3 Å². The van der Waals surface area contributed by atoms with Crippen LogP contribution in [0.2, 0.25) is 5.15 Å². The number of carboxylic acids is 1. The van der Waals surface area contributed by atoms with Gasteiger partial charge in [-0.05, 0) is 0 Å². The van der Waals surface area contributed by atoms with E-state index in [0.717, 1.165) is 12.3 Å². The van der Waals surface area contributed by atoms with Gasteiger partial charge in [0.15, 0.2) is 0 Å². The molecular formula is C9H5ClN2O4. The van der Waals surface area contributed by atoms with Gasteiger partial charge in [0, 0.05) is 6.07 Å². The molecule has 1 rings (SSSR count). The first-order valence-corrected chi connectivity index (χ1v) is 4.39. The fourth-order valence-electron chi connectivity index (χ4n) is 0.840. The molecule has 0 amide bonds. The number of pyridine rings is 1. The first-order chi connectivity index (χ1) is 7.50. The second-order valence-electron chi connectivity index (χ2n) is 2.66. The average Bonchev–Trinajstić information content (AvgIpc) is 2.20. The van der Waals surface area contributed by atoms with E-state index in [2.05, 4.69) is 16.8 Å². The minimum absolute atomic E-state index is 0.00323. The lowest BCUT2D eigenvalue weighted by Gasteiger charge is -1.94. The lowest BCUT2D eigenvalue weighted by molar-refractivity contribution is -0.385. The molecule has 1 aromatic heterocycles. The normalized spacial score (nSPS) is 9.06. The van der Waals surface area contributed by atoms with E-state index in [4.69, 9.17) is 16.7 Å². The minimum Gasteiger partial charge on any atom is -0.481 e. The Hall–Kier alpha value is -2.13. The maximum Gasteiger partial charge on any atom is 0.315 e. The lowest BCUT2D eigenvalue weighted by Crippen LogP contribution is -1.93. The smallest absolute Gasteiger partial charge is 0.315 e. The lowest BCUT2D eigenvalue weighted by atomic mass is 10.2. The molecule has 0 aromatic carbocycles. The molecular weight excluding hydrogens is 236 g/mol. The Labute approximate surface area is 95.0 Å². The number of carboxylic acid groups (broad SMARTS) is 1. The topological polar surface area (TPSA) is 93.3 Å². The molecule has 0 bridgehead atoms. The van der Waals surface area contributed by atoms with Crippen molar-refractivity contribution < 1.29 is 14.8 Å². The highest BCUT2D eigenvalue weighted by Gasteiger charge is 2.09. The number of halogens is 1. The van der Waals surface area contributed by atoms with Gasteiger partial charge in [-0.15, -0.1) is 0 Å². The highest BCUT2D eigenvalue weighted by Crippen LogP contribution is 2.17. The maximum atomic E-state index is 10.4. The van der Waals surface area contributed by atoms with Crippen molar-refractivity contribution in [3.05, 3.63) is 33.1 Å². The molecule has 0 aliphatic heterocycles. The van der Waals surface area contributed by atoms with Crippen molar-refractivity contribution in [3.63, 3.8) is 0 Å². The molecule has 0 unspecified atom stereocenters. The van der Waals surface area contributed by atoms with Crippen LogP contribution in [0, 0.1) is 22.0 Å². The molecule has 0 saturated heterocycles. The van der Waals surface area contributed by atoms with Crippen LogP contribution in [0.4, 0.5) is 5.69 Å². The fraction of sp³-hybridized carbons (Fsp3) is 0.111. The van der Waals surface area contributed by atoms with Crippen LogP contribution in [-0.4, -0.2) is 21.0 Å². The van der Waals surface area contributed by atoms with Crippen molar-refractivity contribution in [3.8, 4) is 11.8 Å². The summed E-state index contributed by atoms with van der Waals surface area (Å²) in [4.78, 5) is 23.6.